The van der Waals surface area contributed by atoms with Crippen LogP contribution in [0.15, 0.2) is 30.6 Å². The van der Waals surface area contributed by atoms with Gasteiger partial charge >= 0.3 is 6.09 Å². The van der Waals surface area contributed by atoms with Gasteiger partial charge in [0.2, 0.25) is 5.91 Å². The molecule has 4 heterocycles. The van der Waals surface area contributed by atoms with Gasteiger partial charge in [-0.1, -0.05) is 6.07 Å². The fourth-order valence-corrected chi connectivity index (χ4v) is 4.88. The van der Waals surface area contributed by atoms with Gasteiger partial charge in [0.15, 0.2) is 5.79 Å². The van der Waals surface area contributed by atoms with Gasteiger partial charge in [-0.2, -0.15) is 5.26 Å². The Hall–Kier alpha value is -3.26. The molecule has 33 heavy (non-hydrogen) atoms. The average molecular weight is 469 g/mol. The minimum absolute atomic E-state index is 0.115. The number of fused-ring (bicyclic) bond motifs is 1. The molecule has 1 N–H and O–H groups in total. The van der Waals surface area contributed by atoms with E-state index in [0.717, 1.165) is 16.0 Å². The Kier molecular flexibility index (Phi) is 6.74. The molecule has 1 fully saturated rings. The van der Waals surface area contributed by atoms with E-state index in [1.54, 1.807) is 29.4 Å². The third-order valence-corrected chi connectivity index (χ3v) is 6.37. The number of hydrogen-bond acceptors (Lipinski definition) is 8. The SMILES string of the molecule is CC1(C)OCC(COC(=O)N2CCc3c(sc(NC(=O)C=Cc4cccnc4)c3C#N)C2)O1. The van der Waals surface area contributed by atoms with Gasteiger partial charge in [0.1, 0.15) is 23.8 Å². The zero-order valence-electron chi connectivity index (χ0n) is 18.4. The van der Waals surface area contributed by atoms with E-state index in [9.17, 15) is 14.9 Å². The molecule has 0 radical (unpaired) electrons. The highest BCUT2D eigenvalue weighted by atomic mass is 32.1. The second kappa shape index (κ2) is 9.70. The zero-order valence-corrected chi connectivity index (χ0v) is 19.2. The molecule has 9 nitrogen and oxygen atoms in total. The molecule has 0 aromatic carbocycles. The molecule has 2 aromatic heterocycles. The van der Waals surface area contributed by atoms with Crippen LogP contribution in [0.3, 0.4) is 0 Å². The normalized spacial score (nSPS) is 19.2. The molecule has 0 saturated carbocycles. The number of hydrogen-bond donors (Lipinski definition) is 1. The largest absolute Gasteiger partial charge is 0.447 e. The highest BCUT2D eigenvalue weighted by Gasteiger charge is 2.34. The number of thiophene rings is 1. The van der Waals surface area contributed by atoms with Gasteiger partial charge < -0.3 is 24.4 Å². The maximum absolute atomic E-state index is 12.5. The summed E-state index contributed by atoms with van der Waals surface area (Å²) in [5.41, 5.74) is 2.11. The number of carbonyl (C=O) groups excluding carboxylic acids is 2. The van der Waals surface area contributed by atoms with Crippen molar-refractivity contribution in [2.75, 3.05) is 25.1 Å². The Morgan fingerprint density at radius 1 is 1.48 bits per heavy atom. The van der Waals surface area contributed by atoms with Crippen molar-refractivity contribution in [2.24, 2.45) is 0 Å². The fraction of sp³-hybridized carbons (Fsp3) is 0.391. The van der Waals surface area contributed by atoms with Crippen molar-refractivity contribution in [1.29, 1.82) is 5.26 Å². The topological polar surface area (TPSA) is 114 Å². The molecule has 1 atom stereocenters. The summed E-state index contributed by atoms with van der Waals surface area (Å²) < 4.78 is 16.6. The van der Waals surface area contributed by atoms with Crippen LogP contribution < -0.4 is 5.32 Å². The van der Waals surface area contributed by atoms with Crippen LogP contribution in [0, 0.1) is 11.3 Å². The first-order chi connectivity index (χ1) is 15.8. The second-order valence-corrected chi connectivity index (χ2v) is 9.23. The summed E-state index contributed by atoms with van der Waals surface area (Å²) >= 11 is 1.31. The van der Waals surface area contributed by atoms with E-state index in [1.807, 2.05) is 19.9 Å². The highest BCUT2D eigenvalue weighted by molar-refractivity contribution is 7.16. The Morgan fingerprint density at radius 3 is 3.03 bits per heavy atom. The van der Waals surface area contributed by atoms with Crippen molar-refractivity contribution in [3.8, 4) is 6.07 Å². The van der Waals surface area contributed by atoms with Crippen LogP contribution in [0.4, 0.5) is 9.80 Å². The Bertz CT molecular complexity index is 1110. The summed E-state index contributed by atoms with van der Waals surface area (Å²) in [4.78, 5) is 31.4. The first-order valence-corrected chi connectivity index (χ1v) is 11.3. The molecule has 2 aromatic rings. The molecule has 10 heteroatoms. The van der Waals surface area contributed by atoms with Crippen LogP contribution in [0.2, 0.25) is 0 Å². The van der Waals surface area contributed by atoms with Crippen molar-refractivity contribution in [2.45, 2.75) is 38.7 Å². The molecule has 1 unspecified atom stereocenters. The number of nitriles is 1. The van der Waals surface area contributed by atoms with Crippen LogP contribution in [0.1, 0.15) is 35.4 Å². The predicted molar refractivity (Wildman–Crippen MR) is 121 cm³/mol. The molecule has 0 spiro atoms. The summed E-state index contributed by atoms with van der Waals surface area (Å²) in [7, 11) is 0. The van der Waals surface area contributed by atoms with Crippen LogP contribution in [0.25, 0.3) is 6.08 Å². The van der Waals surface area contributed by atoms with Gasteiger partial charge in [0.05, 0.1) is 18.7 Å². The predicted octanol–water partition coefficient (Wildman–Crippen LogP) is 3.31. The van der Waals surface area contributed by atoms with Gasteiger partial charge in [0, 0.05) is 29.9 Å². The molecule has 2 aliphatic heterocycles. The number of nitrogens with one attached hydrogen (secondary N) is 1. The summed E-state index contributed by atoms with van der Waals surface area (Å²) in [6.45, 7) is 4.87. The number of amides is 2. The van der Waals surface area contributed by atoms with Gasteiger partial charge in [-0.3, -0.25) is 9.78 Å². The lowest BCUT2D eigenvalue weighted by molar-refractivity contribution is -0.143. The molecule has 2 aliphatic rings. The average Bonchev–Trinajstić information content (AvgIpc) is 3.34. The number of anilines is 1. The van der Waals surface area contributed by atoms with Crippen molar-refractivity contribution >= 4 is 34.4 Å². The van der Waals surface area contributed by atoms with E-state index in [4.69, 9.17) is 14.2 Å². The maximum Gasteiger partial charge on any atom is 0.410 e. The fourth-order valence-electron chi connectivity index (χ4n) is 3.67. The van der Waals surface area contributed by atoms with Crippen LogP contribution in [-0.2, 0) is 32.0 Å². The lowest BCUT2D eigenvalue weighted by Gasteiger charge is -2.26. The standard InChI is InChI=1S/C23H24N4O5S/c1-23(2)31-14-16(32-23)13-30-22(29)27-9-7-17-18(10-24)21(33-19(17)12-27)26-20(28)6-5-15-4-3-8-25-11-15/h3-6,8,11,16H,7,9,12-14H2,1-2H3,(H,26,28). The minimum Gasteiger partial charge on any atom is -0.447 e. The van der Waals surface area contributed by atoms with E-state index < -0.39 is 11.9 Å². The van der Waals surface area contributed by atoms with Crippen molar-refractivity contribution in [3.05, 3.63) is 52.2 Å². The van der Waals surface area contributed by atoms with Gasteiger partial charge in [-0.05, 0) is 43.5 Å². The monoisotopic (exact) mass is 468 g/mol. The van der Waals surface area contributed by atoms with E-state index in [1.165, 1.54) is 17.4 Å². The summed E-state index contributed by atoms with van der Waals surface area (Å²) in [6.07, 6.45) is 6.14. The van der Waals surface area contributed by atoms with Gasteiger partial charge in [0.25, 0.3) is 0 Å². The van der Waals surface area contributed by atoms with Crippen molar-refractivity contribution < 1.29 is 23.8 Å². The first kappa shape index (κ1) is 22.9. The Labute approximate surface area is 195 Å². The first-order valence-electron chi connectivity index (χ1n) is 10.5. The number of aromatic nitrogens is 1. The van der Waals surface area contributed by atoms with Crippen LogP contribution in [0.5, 0.6) is 0 Å². The molecular formula is C23H24N4O5S. The van der Waals surface area contributed by atoms with E-state index in [0.29, 0.717) is 36.7 Å². The summed E-state index contributed by atoms with van der Waals surface area (Å²) in [6, 6.07) is 5.81. The number of rotatable bonds is 5. The quantitative estimate of drug-likeness (QED) is 0.670. The van der Waals surface area contributed by atoms with E-state index in [2.05, 4.69) is 16.4 Å². The van der Waals surface area contributed by atoms with Gasteiger partial charge in [-0.25, -0.2) is 4.79 Å². The number of pyridine rings is 1. The molecule has 1 saturated heterocycles. The number of nitrogens with zero attached hydrogens (tertiary/aromatic N) is 3. The second-order valence-electron chi connectivity index (χ2n) is 8.13. The Morgan fingerprint density at radius 2 is 2.33 bits per heavy atom. The third-order valence-electron chi connectivity index (χ3n) is 5.24. The molecule has 172 valence electrons. The molecule has 0 bridgehead atoms. The zero-order chi connectivity index (χ0) is 23.4. The highest BCUT2D eigenvalue weighted by Crippen LogP contribution is 2.37. The molecule has 0 aliphatic carbocycles. The molecule has 4 rings (SSSR count). The number of carbonyl (C=O) groups is 2. The molecule has 2 amide bonds. The van der Waals surface area contributed by atoms with Crippen molar-refractivity contribution in [1.82, 2.24) is 9.88 Å². The number of ether oxygens (including phenoxy) is 3. The van der Waals surface area contributed by atoms with E-state index in [-0.39, 0.29) is 18.6 Å². The van der Waals surface area contributed by atoms with Crippen LogP contribution >= 0.6 is 11.3 Å². The minimum atomic E-state index is -0.671. The third kappa shape index (κ3) is 5.57. The smallest absolute Gasteiger partial charge is 0.410 e. The van der Waals surface area contributed by atoms with Crippen molar-refractivity contribution in [3.63, 3.8) is 0 Å². The van der Waals surface area contributed by atoms with Gasteiger partial charge in [-0.15, -0.1) is 11.3 Å². The van der Waals surface area contributed by atoms with E-state index >= 15 is 0 Å². The van der Waals surface area contributed by atoms with Crippen LogP contribution in [-0.4, -0.2) is 53.5 Å². The Balaban J connectivity index is 1.37. The summed E-state index contributed by atoms with van der Waals surface area (Å²) in [5.74, 6) is -1.01. The maximum atomic E-state index is 12.5. The summed E-state index contributed by atoms with van der Waals surface area (Å²) in [5, 5.41) is 12.9. The lowest BCUT2D eigenvalue weighted by atomic mass is 10.0. The lowest BCUT2D eigenvalue weighted by Crippen LogP contribution is -2.37. The molecular weight excluding hydrogens is 444 g/mol.